The highest BCUT2D eigenvalue weighted by Crippen LogP contribution is 2.21. The van der Waals surface area contributed by atoms with Crippen molar-refractivity contribution in [3.8, 4) is 0 Å². The molecule has 74 valence electrons. The summed E-state index contributed by atoms with van der Waals surface area (Å²) in [6, 6.07) is 8.50. The van der Waals surface area contributed by atoms with E-state index in [0.717, 1.165) is 0 Å². The zero-order valence-electron chi connectivity index (χ0n) is 8.03. The van der Waals surface area contributed by atoms with Crippen molar-refractivity contribution in [2.75, 3.05) is 13.9 Å². The van der Waals surface area contributed by atoms with Crippen LogP contribution in [0.3, 0.4) is 0 Å². The third-order valence-electron chi connectivity index (χ3n) is 1.99. The Morgan fingerprint density at radius 2 is 2.21 bits per heavy atom. The molecular weight excluding hydrogens is 196 g/mol. The lowest BCUT2D eigenvalue weighted by Crippen LogP contribution is -1.96. The standard InChI is InChI=1S/C11H12O2S/c1-12-8-13-7-9-2-3-11-10(6-9)4-5-14-11/h2-6H,7-8H2,1H3. The van der Waals surface area contributed by atoms with Gasteiger partial charge in [-0.3, -0.25) is 0 Å². The third kappa shape index (κ3) is 2.12. The Balaban J connectivity index is 2.10. The normalized spacial score (nSPS) is 10.9. The number of ether oxygens (including phenoxy) is 2. The van der Waals surface area contributed by atoms with E-state index in [9.17, 15) is 0 Å². The maximum Gasteiger partial charge on any atom is 0.146 e. The van der Waals surface area contributed by atoms with Crippen molar-refractivity contribution in [3.05, 3.63) is 35.2 Å². The molecule has 1 aromatic carbocycles. The fraction of sp³-hybridized carbons (Fsp3) is 0.273. The minimum Gasteiger partial charge on any atom is -0.359 e. The van der Waals surface area contributed by atoms with Crippen LogP contribution in [0.15, 0.2) is 29.6 Å². The summed E-state index contributed by atoms with van der Waals surface area (Å²) in [6.07, 6.45) is 0. The smallest absolute Gasteiger partial charge is 0.146 e. The molecule has 3 heteroatoms. The lowest BCUT2D eigenvalue weighted by molar-refractivity contribution is -0.0390. The van der Waals surface area contributed by atoms with Crippen LogP contribution in [0.2, 0.25) is 0 Å². The Kier molecular flexibility index (Phi) is 3.14. The molecule has 0 unspecified atom stereocenters. The van der Waals surface area contributed by atoms with E-state index in [1.807, 2.05) is 0 Å². The van der Waals surface area contributed by atoms with Crippen LogP contribution in [-0.4, -0.2) is 13.9 Å². The van der Waals surface area contributed by atoms with Gasteiger partial charge in [-0.15, -0.1) is 11.3 Å². The number of hydrogen-bond donors (Lipinski definition) is 0. The highest BCUT2D eigenvalue weighted by molar-refractivity contribution is 7.17. The zero-order valence-corrected chi connectivity index (χ0v) is 8.84. The van der Waals surface area contributed by atoms with E-state index in [-0.39, 0.29) is 0 Å². The first-order valence-corrected chi connectivity index (χ1v) is 5.31. The second-order valence-corrected chi connectivity index (χ2v) is 4.00. The van der Waals surface area contributed by atoms with Crippen molar-refractivity contribution in [2.45, 2.75) is 6.61 Å². The Bertz CT molecular complexity index is 408. The van der Waals surface area contributed by atoms with E-state index in [1.165, 1.54) is 15.6 Å². The van der Waals surface area contributed by atoms with Crippen molar-refractivity contribution >= 4 is 21.4 Å². The van der Waals surface area contributed by atoms with Crippen molar-refractivity contribution in [2.24, 2.45) is 0 Å². The van der Waals surface area contributed by atoms with Crippen LogP contribution >= 0.6 is 11.3 Å². The van der Waals surface area contributed by atoms with Gasteiger partial charge in [0.2, 0.25) is 0 Å². The number of methoxy groups -OCH3 is 1. The molecule has 0 bridgehead atoms. The van der Waals surface area contributed by atoms with E-state index >= 15 is 0 Å². The maximum absolute atomic E-state index is 5.28. The highest BCUT2D eigenvalue weighted by atomic mass is 32.1. The van der Waals surface area contributed by atoms with Gasteiger partial charge < -0.3 is 9.47 Å². The van der Waals surface area contributed by atoms with Gasteiger partial charge in [0.05, 0.1) is 6.61 Å². The Morgan fingerprint density at radius 3 is 3.07 bits per heavy atom. The van der Waals surface area contributed by atoms with E-state index < -0.39 is 0 Å². The Labute approximate surface area is 87.1 Å². The molecular formula is C11H12O2S. The number of thiophene rings is 1. The number of benzene rings is 1. The van der Waals surface area contributed by atoms with E-state index in [0.29, 0.717) is 13.4 Å². The predicted octanol–water partition coefficient (Wildman–Crippen LogP) is 3.02. The van der Waals surface area contributed by atoms with Gasteiger partial charge in [-0.25, -0.2) is 0 Å². The van der Waals surface area contributed by atoms with Gasteiger partial charge >= 0.3 is 0 Å². The lowest BCUT2D eigenvalue weighted by atomic mass is 10.2. The van der Waals surface area contributed by atoms with E-state index in [1.54, 1.807) is 18.4 Å². The average molecular weight is 208 g/mol. The molecule has 14 heavy (non-hydrogen) atoms. The Morgan fingerprint density at radius 1 is 1.29 bits per heavy atom. The molecule has 0 spiro atoms. The molecule has 0 N–H and O–H groups in total. The van der Waals surface area contributed by atoms with Crippen LogP contribution in [0.5, 0.6) is 0 Å². The largest absolute Gasteiger partial charge is 0.359 e. The molecule has 1 aromatic heterocycles. The summed E-state index contributed by atoms with van der Waals surface area (Å²) in [5, 5.41) is 3.39. The highest BCUT2D eigenvalue weighted by Gasteiger charge is 1.97. The zero-order chi connectivity index (χ0) is 9.80. The van der Waals surface area contributed by atoms with Crippen LogP contribution in [0.25, 0.3) is 10.1 Å². The number of hydrogen-bond acceptors (Lipinski definition) is 3. The van der Waals surface area contributed by atoms with E-state index in [2.05, 4.69) is 29.6 Å². The number of fused-ring (bicyclic) bond motifs is 1. The van der Waals surface area contributed by atoms with Crippen molar-refractivity contribution < 1.29 is 9.47 Å². The first-order chi connectivity index (χ1) is 6.90. The van der Waals surface area contributed by atoms with Gasteiger partial charge in [-0.1, -0.05) is 6.07 Å². The molecule has 0 radical (unpaired) electrons. The molecule has 2 aromatic rings. The van der Waals surface area contributed by atoms with Crippen molar-refractivity contribution in [1.29, 1.82) is 0 Å². The van der Waals surface area contributed by atoms with Crippen molar-refractivity contribution in [3.63, 3.8) is 0 Å². The first-order valence-electron chi connectivity index (χ1n) is 4.43. The predicted molar refractivity (Wildman–Crippen MR) is 58.5 cm³/mol. The van der Waals surface area contributed by atoms with Gasteiger partial charge in [0.1, 0.15) is 6.79 Å². The second kappa shape index (κ2) is 4.55. The maximum atomic E-state index is 5.28. The third-order valence-corrected chi connectivity index (χ3v) is 2.88. The monoisotopic (exact) mass is 208 g/mol. The van der Waals surface area contributed by atoms with Crippen LogP contribution < -0.4 is 0 Å². The van der Waals surface area contributed by atoms with Crippen LogP contribution in [0.1, 0.15) is 5.56 Å². The molecule has 0 fully saturated rings. The molecule has 0 aliphatic carbocycles. The Hall–Kier alpha value is -0.900. The molecule has 0 atom stereocenters. The fourth-order valence-electron chi connectivity index (χ4n) is 1.35. The number of rotatable bonds is 4. The first kappa shape index (κ1) is 9.65. The average Bonchev–Trinajstić information content (AvgIpc) is 2.65. The lowest BCUT2D eigenvalue weighted by Gasteiger charge is -2.02. The summed E-state index contributed by atoms with van der Waals surface area (Å²) in [7, 11) is 1.63. The molecule has 0 aliphatic heterocycles. The van der Waals surface area contributed by atoms with Gasteiger partial charge in [-0.2, -0.15) is 0 Å². The summed E-state index contributed by atoms with van der Waals surface area (Å²) in [5.74, 6) is 0. The van der Waals surface area contributed by atoms with Gasteiger partial charge in [0, 0.05) is 11.8 Å². The molecule has 0 saturated heterocycles. The van der Waals surface area contributed by atoms with Crippen LogP contribution in [0, 0.1) is 0 Å². The summed E-state index contributed by atoms with van der Waals surface area (Å²) in [6.45, 7) is 0.960. The molecule has 0 saturated carbocycles. The van der Waals surface area contributed by atoms with Crippen LogP contribution in [-0.2, 0) is 16.1 Å². The molecule has 0 aliphatic rings. The topological polar surface area (TPSA) is 18.5 Å². The van der Waals surface area contributed by atoms with Crippen LogP contribution in [0.4, 0.5) is 0 Å². The summed E-state index contributed by atoms with van der Waals surface area (Å²) >= 11 is 1.76. The second-order valence-electron chi connectivity index (χ2n) is 3.05. The molecule has 0 amide bonds. The quantitative estimate of drug-likeness (QED) is 0.568. The molecule has 2 rings (SSSR count). The van der Waals surface area contributed by atoms with Gasteiger partial charge in [0.25, 0.3) is 0 Å². The SMILES string of the molecule is COCOCc1ccc2sccc2c1. The fourth-order valence-corrected chi connectivity index (χ4v) is 2.12. The minimum absolute atomic E-state index is 0.349. The summed E-state index contributed by atoms with van der Waals surface area (Å²) in [4.78, 5) is 0. The molecule has 1 heterocycles. The minimum atomic E-state index is 0.349. The molecule has 2 nitrogen and oxygen atoms in total. The summed E-state index contributed by atoms with van der Waals surface area (Å²) in [5.41, 5.74) is 1.19. The van der Waals surface area contributed by atoms with Gasteiger partial charge in [0.15, 0.2) is 0 Å². The van der Waals surface area contributed by atoms with E-state index in [4.69, 9.17) is 9.47 Å². The summed E-state index contributed by atoms with van der Waals surface area (Å²) < 4.78 is 11.4. The van der Waals surface area contributed by atoms with Crippen molar-refractivity contribution in [1.82, 2.24) is 0 Å². The van der Waals surface area contributed by atoms with Gasteiger partial charge in [-0.05, 0) is 34.5 Å².